The SMILES string of the molecule is Cc1cccc(CN(C)c2ncc(CNC(C)C)cn2)n1. The molecule has 0 aliphatic rings. The highest BCUT2D eigenvalue weighted by Gasteiger charge is 2.06. The van der Waals surface area contributed by atoms with Gasteiger partial charge in [0.1, 0.15) is 0 Å². The van der Waals surface area contributed by atoms with Crippen molar-refractivity contribution < 1.29 is 0 Å². The molecule has 0 aliphatic heterocycles. The lowest BCUT2D eigenvalue weighted by Crippen LogP contribution is -2.23. The summed E-state index contributed by atoms with van der Waals surface area (Å²) < 4.78 is 0. The minimum absolute atomic E-state index is 0.458. The standard InChI is InChI=1S/C16H23N5/c1-12(2)17-8-14-9-18-16(19-10-14)21(4)11-15-7-5-6-13(3)20-15/h5-7,9-10,12,17H,8,11H2,1-4H3. The maximum absolute atomic E-state index is 4.50. The maximum Gasteiger partial charge on any atom is 0.225 e. The van der Waals surface area contributed by atoms with Gasteiger partial charge in [-0.2, -0.15) is 0 Å². The quantitative estimate of drug-likeness (QED) is 0.882. The van der Waals surface area contributed by atoms with E-state index in [1.54, 1.807) is 0 Å². The van der Waals surface area contributed by atoms with Gasteiger partial charge in [-0.15, -0.1) is 0 Å². The van der Waals surface area contributed by atoms with Crippen LogP contribution in [0.3, 0.4) is 0 Å². The van der Waals surface area contributed by atoms with Crippen molar-refractivity contribution >= 4 is 5.95 Å². The lowest BCUT2D eigenvalue weighted by Gasteiger charge is -2.17. The zero-order valence-electron chi connectivity index (χ0n) is 13.2. The van der Waals surface area contributed by atoms with E-state index in [4.69, 9.17) is 0 Å². The Balaban J connectivity index is 1.97. The Morgan fingerprint density at radius 3 is 2.52 bits per heavy atom. The van der Waals surface area contributed by atoms with E-state index in [1.807, 2.05) is 49.5 Å². The number of nitrogens with one attached hydrogen (secondary N) is 1. The molecular formula is C16H23N5. The van der Waals surface area contributed by atoms with Gasteiger partial charge < -0.3 is 10.2 Å². The van der Waals surface area contributed by atoms with Crippen LogP contribution in [-0.4, -0.2) is 28.0 Å². The predicted molar refractivity (Wildman–Crippen MR) is 85.1 cm³/mol. The third-order valence-corrected chi connectivity index (χ3v) is 3.09. The molecule has 2 aromatic rings. The maximum atomic E-state index is 4.50. The molecule has 0 spiro atoms. The molecule has 0 amide bonds. The normalized spacial score (nSPS) is 10.9. The summed E-state index contributed by atoms with van der Waals surface area (Å²) >= 11 is 0. The van der Waals surface area contributed by atoms with Crippen LogP contribution >= 0.6 is 0 Å². The summed E-state index contributed by atoms with van der Waals surface area (Å²) in [6.45, 7) is 7.73. The van der Waals surface area contributed by atoms with Crippen molar-refractivity contribution in [2.45, 2.75) is 39.9 Å². The van der Waals surface area contributed by atoms with Crippen LogP contribution < -0.4 is 10.2 Å². The number of pyridine rings is 1. The highest BCUT2D eigenvalue weighted by Crippen LogP contribution is 2.09. The molecule has 112 valence electrons. The monoisotopic (exact) mass is 285 g/mol. The van der Waals surface area contributed by atoms with Gasteiger partial charge in [-0.1, -0.05) is 19.9 Å². The van der Waals surface area contributed by atoms with Crippen LogP contribution in [0.25, 0.3) is 0 Å². The molecule has 0 saturated heterocycles. The van der Waals surface area contributed by atoms with Crippen molar-refractivity contribution in [3.63, 3.8) is 0 Å². The summed E-state index contributed by atoms with van der Waals surface area (Å²) in [6, 6.07) is 6.49. The second kappa shape index (κ2) is 7.13. The molecule has 5 heteroatoms. The van der Waals surface area contributed by atoms with Gasteiger partial charge >= 0.3 is 0 Å². The summed E-state index contributed by atoms with van der Waals surface area (Å²) in [5, 5.41) is 3.35. The number of nitrogens with zero attached hydrogens (tertiary/aromatic N) is 4. The van der Waals surface area contributed by atoms with Crippen LogP contribution in [0.4, 0.5) is 5.95 Å². The molecule has 0 bridgehead atoms. The Morgan fingerprint density at radius 2 is 1.90 bits per heavy atom. The highest BCUT2D eigenvalue weighted by atomic mass is 15.2. The Kier molecular flexibility index (Phi) is 5.22. The van der Waals surface area contributed by atoms with E-state index in [0.717, 1.165) is 23.5 Å². The molecule has 21 heavy (non-hydrogen) atoms. The molecular weight excluding hydrogens is 262 g/mol. The highest BCUT2D eigenvalue weighted by molar-refractivity contribution is 5.29. The van der Waals surface area contributed by atoms with Crippen LogP contribution in [0.15, 0.2) is 30.6 Å². The summed E-state index contributed by atoms with van der Waals surface area (Å²) in [5.41, 5.74) is 3.14. The number of aryl methyl sites for hydroxylation is 1. The van der Waals surface area contributed by atoms with E-state index >= 15 is 0 Å². The number of aromatic nitrogens is 3. The molecule has 0 aromatic carbocycles. The molecule has 0 saturated carbocycles. The minimum atomic E-state index is 0.458. The van der Waals surface area contributed by atoms with E-state index in [2.05, 4.69) is 34.1 Å². The number of anilines is 1. The van der Waals surface area contributed by atoms with Crippen molar-refractivity contribution in [3.05, 3.63) is 47.5 Å². The van der Waals surface area contributed by atoms with E-state index in [1.165, 1.54) is 0 Å². The molecule has 0 radical (unpaired) electrons. The first-order valence-corrected chi connectivity index (χ1v) is 7.22. The summed E-state index contributed by atoms with van der Waals surface area (Å²) in [5.74, 6) is 0.714. The van der Waals surface area contributed by atoms with Gasteiger partial charge in [0.15, 0.2) is 0 Å². The molecule has 2 aromatic heterocycles. The molecule has 1 N–H and O–H groups in total. The first-order valence-electron chi connectivity index (χ1n) is 7.22. The molecule has 0 unspecified atom stereocenters. The first-order chi connectivity index (χ1) is 10.0. The van der Waals surface area contributed by atoms with Gasteiger partial charge in [0.25, 0.3) is 0 Å². The fraction of sp³-hybridized carbons (Fsp3) is 0.438. The largest absolute Gasteiger partial charge is 0.338 e. The van der Waals surface area contributed by atoms with Gasteiger partial charge in [0.05, 0.1) is 12.2 Å². The van der Waals surface area contributed by atoms with E-state index < -0.39 is 0 Å². The van der Waals surface area contributed by atoms with Crippen molar-refractivity contribution in [1.82, 2.24) is 20.3 Å². The van der Waals surface area contributed by atoms with Crippen molar-refractivity contribution in [3.8, 4) is 0 Å². The molecule has 2 heterocycles. The summed E-state index contributed by atoms with van der Waals surface area (Å²) in [4.78, 5) is 15.3. The second-order valence-electron chi connectivity index (χ2n) is 5.55. The van der Waals surface area contributed by atoms with E-state index in [9.17, 15) is 0 Å². The van der Waals surface area contributed by atoms with Crippen LogP contribution in [0.1, 0.15) is 30.8 Å². The summed E-state index contributed by atoms with van der Waals surface area (Å²) in [6.07, 6.45) is 3.75. The Labute approximate surface area is 126 Å². The fourth-order valence-corrected chi connectivity index (χ4v) is 1.96. The Hall–Kier alpha value is -2.01. The summed E-state index contributed by atoms with van der Waals surface area (Å²) in [7, 11) is 1.98. The lowest BCUT2D eigenvalue weighted by atomic mass is 10.3. The Bertz CT molecular complexity index is 565. The van der Waals surface area contributed by atoms with Crippen LogP contribution in [0, 0.1) is 6.92 Å². The van der Waals surface area contributed by atoms with Gasteiger partial charge in [-0.25, -0.2) is 9.97 Å². The van der Waals surface area contributed by atoms with Gasteiger partial charge in [0, 0.05) is 43.3 Å². The fourth-order valence-electron chi connectivity index (χ4n) is 1.96. The van der Waals surface area contributed by atoms with E-state index in [-0.39, 0.29) is 0 Å². The van der Waals surface area contributed by atoms with Crippen molar-refractivity contribution in [2.24, 2.45) is 0 Å². The van der Waals surface area contributed by atoms with E-state index in [0.29, 0.717) is 18.5 Å². The topological polar surface area (TPSA) is 53.9 Å². The molecule has 0 aliphatic carbocycles. The zero-order chi connectivity index (χ0) is 15.2. The van der Waals surface area contributed by atoms with Crippen molar-refractivity contribution in [2.75, 3.05) is 11.9 Å². The first kappa shape index (κ1) is 15.4. The third-order valence-electron chi connectivity index (χ3n) is 3.09. The van der Waals surface area contributed by atoms with Crippen LogP contribution in [-0.2, 0) is 13.1 Å². The molecule has 2 rings (SSSR count). The zero-order valence-corrected chi connectivity index (χ0v) is 13.2. The lowest BCUT2D eigenvalue weighted by molar-refractivity contribution is 0.586. The average molecular weight is 285 g/mol. The third kappa shape index (κ3) is 4.79. The van der Waals surface area contributed by atoms with Gasteiger partial charge in [-0.3, -0.25) is 4.98 Å². The smallest absolute Gasteiger partial charge is 0.225 e. The van der Waals surface area contributed by atoms with Crippen LogP contribution in [0.5, 0.6) is 0 Å². The van der Waals surface area contributed by atoms with Gasteiger partial charge in [0.2, 0.25) is 5.95 Å². The molecule has 5 nitrogen and oxygen atoms in total. The molecule has 0 fully saturated rings. The van der Waals surface area contributed by atoms with Crippen LogP contribution in [0.2, 0.25) is 0 Å². The van der Waals surface area contributed by atoms with Crippen molar-refractivity contribution in [1.29, 1.82) is 0 Å². The number of rotatable bonds is 6. The molecule has 0 atom stereocenters. The van der Waals surface area contributed by atoms with Gasteiger partial charge in [-0.05, 0) is 19.1 Å². The number of hydrogen-bond donors (Lipinski definition) is 1. The predicted octanol–water partition coefficient (Wildman–Crippen LogP) is 2.31. The Morgan fingerprint density at radius 1 is 1.19 bits per heavy atom. The average Bonchev–Trinajstić information content (AvgIpc) is 2.45. The minimum Gasteiger partial charge on any atom is -0.338 e. The number of hydrogen-bond acceptors (Lipinski definition) is 5. The second-order valence-corrected chi connectivity index (χ2v) is 5.55.